The predicted octanol–water partition coefficient (Wildman–Crippen LogP) is 6.02. The number of hydrogen-bond acceptors (Lipinski definition) is 0. The molecule has 0 bridgehead atoms. The molecule has 20 heavy (non-hydrogen) atoms. The zero-order valence-corrected chi connectivity index (χ0v) is 13.9. The fourth-order valence-electron chi connectivity index (χ4n) is 3.31. The fourth-order valence-corrected chi connectivity index (χ4v) is 3.31. The lowest BCUT2D eigenvalue weighted by molar-refractivity contribution is 0.332. The van der Waals surface area contributed by atoms with Crippen molar-refractivity contribution in [1.82, 2.24) is 0 Å². The van der Waals surface area contributed by atoms with E-state index in [1.807, 2.05) is 0 Å². The summed E-state index contributed by atoms with van der Waals surface area (Å²) in [5.74, 6) is 0. The van der Waals surface area contributed by atoms with E-state index in [0.717, 1.165) is 0 Å². The van der Waals surface area contributed by atoms with Gasteiger partial charge in [-0.25, -0.2) is 0 Å². The van der Waals surface area contributed by atoms with Crippen LogP contribution >= 0.6 is 0 Å². The van der Waals surface area contributed by atoms with Crippen molar-refractivity contribution in [3.05, 3.63) is 53.1 Å². The SMILES string of the molecule is CC=CC(=CC)c1ccc2c(c1)C(C)(C)CCC2(C)C. The van der Waals surface area contributed by atoms with Crippen molar-refractivity contribution in [3.8, 4) is 0 Å². The summed E-state index contributed by atoms with van der Waals surface area (Å²) in [7, 11) is 0. The topological polar surface area (TPSA) is 0 Å². The van der Waals surface area contributed by atoms with E-state index in [0.29, 0.717) is 5.41 Å². The molecule has 1 aliphatic carbocycles. The molecule has 0 atom stereocenters. The highest BCUT2D eigenvalue weighted by Gasteiger charge is 2.36. The quantitative estimate of drug-likeness (QED) is 0.576. The van der Waals surface area contributed by atoms with Gasteiger partial charge in [-0.3, -0.25) is 0 Å². The van der Waals surface area contributed by atoms with Gasteiger partial charge in [0.2, 0.25) is 0 Å². The molecule has 0 radical (unpaired) electrons. The van der Waals surface area contributed by atoms with Crippen molar-refractivity contribution in [2.24, 2.45) is 0 Å². The summed E-state index contributed by atoms with van der Waals surface area (Å²) >= 11 is 0. The zero-order chi connectivity index (χ0) is 15.0. The third kappa shape index (κ3) is 2.61. The largest absolute Gasteiger partial charge is 0.0871 e. The number of rotatable bonds is 2. The van der Waals surface area contributed by atoms with Crippen LogP contribution in [-0.4, -0.2) is 0 Å². The molecule has 0 aromatic heterocycles. The maximum absolute atomic E-state index is 2.42. The predicted molar refractivity (Wildman–Crippen MR) is 90.2 cm³/mol. The molecular weight excluding hydrogens is 240 g/mol. The van der Waals surface area contributed by atoms with E-state index < -0.39 is 0 Å². The molecule has 0 heteroatoms. The Morgan fingerprint density at radius 1 is 0.950 bits per heavy atom. The van der Waals surface area contributed by atoms with Crippen LogP contribution in [-0.2, 0) is 10.8 Å². The molecule has 0 saturated heterocycles. The lowest BCUT2D eigenvalue weighted by Crippen LogP contribution is -2.33. The molecule has 0 unspecified atom stereocenters. The molecule has 1 aliphatic rings. The van der Waals surface area contributed by atoms with Crippen LogP contribution in [0.15, 0.2) is 36.4 Å². The first kappa shape index (κ1) is 15.1. The van der Waals surface area contributed by atoms with Gasteiger partial charge in [-0.05, 0) is 59.8 Å². The molecule has 108 valence electrons. The standard InChI is InChI=1S/C20H28/c1-7-9-15(8-2)16-10-11-17-18(14-16)20(5,6)13-12-19(17,3)4/h7-11,14H,12-13H2,1-6H3. The van der Waals surface area contributed by atoms with Crippen molar-refractivity contribution >= 4 is 5.57 Å². The van der Waals surface area contributed by atoms with Gasteiger partial charge in [-0.2, -0.15) is 0 Å². The van der Waals surface area contributed by atoms with Gasteiger partial charge in [0.05, 0.1) is 0 Å². The van der Waals surface area contributed by atoms with Crippen LogP contribution in [0.25, 0.3) is 5.57 Å². The normalized spacial score (nSPS) is 21.0. The molecule has 0 N–H and O–H groups in total. The van der Waals surface area contributed by atoms with Gasteiger partial charge < -0.3 is 0 Å². The molecule has 0 amide bonds. The van der Waals surface area contributed by atoms with Crippen molar-refractivity contribution in [2.75, 3.05) is 0 Å². The van der Waals surface area contributed by atoms with Crippen LogP contribution in [0.3, 0.4) is 0 Å². The van der Waals surface area contributed by atoms with E-state index in [4.69, 9.17) is 0 Å². The molecule has 0 fully saturated rings. The molecular formula is C20H28. The summed E-state index contributed by atoms with van der Waals surface area (Å²) in [6.07, 6.45) is 9.05. The second-order valence-electron chi connectivity index (χ2n) is 7.27. The molecule has 2 rings (SSSR count). The van der Waals surface area contributed by atoms with Crippen LogP contribution in [0.4, 0.5) is 0 Å². The maximum atomic E-state index is 2.42. The van der Waals surface area contributed by atoms with Gasteiger partial charge in [0.25, 0.3) is 0 Å². The summed E-state index contributed by atoms with van der Waals surface area (Å²) in [5, 5.41) is 0. The minimum Gasteiger partial charge on any atom is -0.0871 e. The monoisotopic (exact) mass is 268 g/mol. The first-order valence-electron chi connectivity index (χ1n) is 7.76. The summed E-state index contributed by atoms with van der Waals surface area (Å²) < 4.78 is 0. The van der Waals surface area contributed by atoms with Crippen molar-refractivity contribution < 1.29 is 0 Å². The first-order chi connectivity index (χ1) is 9.31. The molecule has 1 aromatic rings. The van der Waals surface area contributed by atoms with Crippen LogP contribution in [0.2, 0.25) is 0 Å². The van der Waals surface area contributed by atoms with Crippen LogP contribution in [0, 0.1) is 0 Å². The van der Waals surface area contributed by atoms with Gasteiger partial charge in [0.1, 0.15) is 0 Å². The minimum atomic E-state index is 0.287. The van der Waals surface area contributed by atoms with Crippen molar-refractivity contribution in [1.29, 1.82) is 0 Å². The highest BCUT2D eigenvalue weighted by Crippen LogP contribution is 2.46. The Morgan fingerprint density at radius 2 is 1.55 bits per heavy atom. The number of hydrogen-bond donors (Lipinski definition) is 0. The van der Waals surface area contributed by atoms with E-state index in [9.17, 15) is 0 Å². The Hall–Kier alpha value is -1.30. The Morgan fingerprint density at radius 3 is 2.10 bits per heavy atom. The first-order valence-corrected chi connectivity index (χ1v) is 7.76. The third-order valence-electron chi connectivity index (χ3n) is 4.84. The molecule has 0 nitrogen and oxygen atoms in total. The molecule has 0 aliphatic heterocycles. The lowest BCUT2D eigenvalue weighted by Gasteiger charge is -2.42. The van der Waals surface area contributed by atoms with E-state index in [-0.39, 0.29) is 5.41 Å². The van der Waals surface area contributed by atoms with Crippen molar-refractivity contribution in [2.45, 2.75) is 65.2 Å². The van der Waals surface area contributed by atoms with Gasteiger partial charge in [0.15, 0.2) is 0 Å². The highest BCUT2D eigenvalue weighted by molar-refractivity contribution is 5.74. The number of allylic oxidation sites excluding steroid dienone is 4. The smallest absolute Gasteiger partial charge is 0.0100 e. The van der Waals surface area contributed by atoms with Crippen molar-refractivity contribution in [3.63, 3.8) is 0 Å². The lowest BCUT2D eigenvalue weighted by atomic mass is 9.63. The Kier molecular flexibility index (Phi) is 3.95. The third-order valence-corrected chi connectivity index (χ3v) is 4.84. The summed E-state index contributed by atoms with van der Waals surface area (Å²) in [6.45, 7) is 13.7. The van der Waals surface area contributed by atoms with Gasteiger partial charge in [-0.15, -0.1) is 0 Å². The second kappa shape index (κ2) is 5.24. The molecule has 1 aromatic carbocycles. The Bertz CT molecular complexity index is 553. The second-order valence-corrected chi connectivity index (χ2v) is 7.27. The van der Waals surface area contributed by atoms with E-state index in [1.165, 1.54) is 35.1 Å². The van der Waals surface area contributed by atoms with E-state index in [2.05, 4.69) is 78.0 Å². The summed E-state index contributed by atoms with van der Waals surface area (Å²) in [5.41, 5.74) is 6.32. The molecule has 0 spiro atoms. The van der Waals surface area contributed by atoms with Gasteiger partial charge in [0, 0.05) is 0 Å². The van der Waals surface area contributed by atoms with Gasteiger partial charge in [-0.1, -0.05) is 64.1 Å². The summed E-state index contributed by atoms with van der Waals surface area (Å²) in [4.78, 5) is 0. The number of fused-ring (bicyclic) bond motifs is 1. The average Bonchev–Trinajstić information content (AvgIpc) is 2.41. The summed E-state index contributed by atoms with van der Waals surface area (Å²) in [6, 6.07) is 7.07. The van der Waals surface area contributed by atoms with E-state index >= 15 is 0 Å². The maximum Gasteiger partial charge on any atom is -0.0100 e. The van der Waals surface area contributed by atoms with Crippen LogP contribution in [0.1, 0.15) is 71.1 Å². The highest BCUT2D eigenvalue weighted by atomic mass is 14.4. The Balaban J connectivity index is 2.59. The fraction of sp³-hybridized carbons (Fsp3) is 0.500. The zero-order valence-electron chi connectivity index (χ0n) is 13.9. The van der Waals surface area contributed by atoms with Crippen LogP contribution < -0.4 is 0 Å². The Labute approximate surface area is 124 Å². The molecule has 0 saturated carbocycles. The van der Waals surface area contributed by atoms with Crippen LogP contribution in [0.5, 0.6) is 0 Å². The average molecular weight is 268 g/mol. The van der Waals surface area contributed by atoms with Gasteiger partial charge >= 0.3 is 0 Å². The minimum absolute atomic E-state index is 0.287. The van der Waals surface area contributed by atoms with E-state index in [1.54, 1.807) is 0 Å². The molecule has 0 heterocycles. The number of benzene rings is 1.